The topological polar surface area (TPSA) is 55.4 Å². The number of nitrogens with one attached hydrogen (secondary N) is 1. The first kappa shape index (κ1) is 20.6. The van der Waals surface area contributed by atoms with Gasteiger partial charge in [0.1, 0.15) is 10.6 Å². The van der Waals surface area contributed by atoms with Crippen LogP contribution >= 0.6 is 11.3 Å². The maximum atomic E-state index is 12.6. The van der Waals surface area contributed by atoms with Crippen LogP contribution in [0.2, 0.25) is 0 Å². The van der Waals surface area contributed by atoms with Crippen molar-refractivity contribution in [3.63, 3.8) is 0 Å². The molecular formula is C23H29NO3S. The lowest BCUT2D eigenvalue weighted by molar-refractivity contribution is -0.116. The van der Waals surface area contributed by atoms with Crippen LogP contribution in [0.4, 0.5) is 5.00 Å². The molecule has 4 nitrogen and oxygen atoms in total. The molecule has 0 spiro atoms. The fraction of sp³-hybridized carbons (Fsp3) is 0.478. The fourth-order valence-corrected chi connectivity index (χ4v) is 4.78. The number of ether oxygens (including phenoxy) is 1. The molecular weight excluding hydrogens is 370 g/mol. The minimum Gasteiger partial charge on any atom is -0.462 e. The van der Waals surface area contributed by atoms with Gasteiger partial charge in [-0.2, -0.15) is 0 Å². The number of carbonyl (C=O) groups excluding carboxylic acids is 2. The zero-order valence-corrected chi connectivity index (χ0v) is 17.6. The normalized spacial score (nSPS) is 14.6. The van der Waals surface area contributed by atoms with Gasteiger partial charge < -0.3 is 10.1 Å². The van der Waals surface area contributed by atoms with Crippen molar-refractivity contribution in [1.82, 2.24) is 0 Å². The van der Waals surface area contributed by atoms with Gasteiger partial charge >= 0.3 is 5.97 Å². The van der Waals surface area contributed by atoms with E-state index in [1.165, 1.54) is 43.4 Å². The summed E-state index contributed by atoms with van der Waals surface area (Å²) >= 11 is 1.39. The van der Waals surface area contributed by atoms with Crippen molar-refractivity contribution in [2.45, 2.75) is 58.8 Å². The Labute approximate surface area is 171 Å². The summed E-state index contributed by atoms with van der Waals surface area (Å²) in [7, 11) is 0. The molecule has 0 atom stereocenters. The number of carbonyl (C=O) groups is 2. The number of hydrogen-bond donors (Lipinski definition) is 1. The van der Waals surface area contributed by atoms with E-state index in [-0.39, 0.29) is 11.9 Å². The first-order chi connectivity index (χ1) is 13.6. The third kappa shape index (κ3) is 5.22. The van der Waals surface area contributed by atoms with Crippen LogP contribution in [0.3, 0.4) is 0 Å². The summed E-state index contributed by atoms with van der Waals surface area (Å²) in [6.07, 6.45) is 7.79. The first-order valence-corrected chi connectivity index (χ1v) is 11.1. The molecule has 150 valence electrons. The Morgan fingerprint density at radius 1 is 1.14 bits per heavy atom. The number of aryl methyl sites for hydroxylation is 1. The van der Waals surface area contributed by atoms with Crippen molar-refractivity contribution in [2.24, 2.45) is 5.92 Å². The van der Waals surface area contributed by atoms with Crippen molar-refractivity contribution in [3.05, 3.63) is 40.8 Å². The average molecular weight is 400 g/mol. The lowest BCUT2D eigenvalue weighted by Gasteiger charge is -2.20. The second kappa shape index (κ2) is 9.87. The molecule has 2 aromatic rings. The second-order valence-electron chi connectivity index (χ2n) is 7.53. The van der Waals surface area contributed by atoms with Crippen LogP contribution < -0.4 is 5.32 Å². The van der Waals surface area contributed by atoms with Crippen molar-refractivity contribution >= 4 is 28.2 Å². The van der Waals surface area contributed by atoms with E-state index in [0.717, 1.165) is 23.1 Å². The van der Waals surface area contributed by atoms with Crippen LogP contribution in [0, 0.1) is 12.8 Å². The summed E-state index contributed by atoms with van der Waals surface area (Å²) in [6.45, 7) is 4.12. The van der Waals surface area contributed by atoms with Gasteiger partial charge in [-0.05, 0) is 31.7 Å². The van der Waals surface area contributed by atoms with E-state index >= 15 is 0 Å². The van der Waals surface area contributed by atoms with Gasteiger partial charge in [-0.3, -0.25) is 4.79 Å². The molecule has 1 fully saturated rings. The quantitative estimate of drug-likeness (QED) is 0.564. The van der Waals surface area contributed by atoms with E-state index < -0.39 is 0 Å². The Morgan fingerprint density at radius 2 is 1.86 bits per heavy atom. The lowest BCUT2D eigenvalue weighted by Crippen LogP contribution is -2.16. The van der Waals surface area contributed by atoms with E-state index in [1.54, 1.807) is 6.92 Å². The zero-order chi connectivity index (χ0) is 19.9. The molecule has 1 saturated carbocycles. The summed E-state index contributed by atoms with van der Waals surface area (Å²) in [5.74, 6) is 0.255. The van der Waals surface area contributed by atoms with Crippen molar-refractivity contribution in [2.75, 3.05) is 11.9 Å². The number of anilines is 1. The summed E-state index contributed by atoms with van der Waals surface area (Å²) in [6, 6.07) is 8.03. The van der Waals surface area contributed by atoms with Crippen LogP contribution in [0.15, 0.2) is 29.6 Å². The highest BCUT2D eigenvalue weighted by Crippen LogP contribution is 2.36. The summed E-state index contributed by atoms with van der Waals surface area (Å²) in [5, 5.41) is 5.48. The largest absolute Gasteiger partial charge is 0.462 e. The molecule has 0 unspecified atom stereocenters. The molecule has 0 saturated heterocycles. The Balaban J connectivity index is 1.75. The summed E-state index contributed by atoms with van der Waals surface area (Å²) in [5.41, 5.74) is 3.38. The molecule has 1 aromatic heterocycles. The molecule has 1 amide bonds. The van der Waals surface area contributed by atoms with Crippen molar-refractivity contribution < 1.29 is 14.3 Å². The van der Waals surface area contributed by atoms with Crippen LogP contribution in [-0.4, -0.2) is 18.5 Å². The summed E-state index contributed by atoms with van der Waals surface area (Å²) < 4.78 is 5.27. The maximum Gasteiger partial charge on any atom is 0.341 e. The predicted molar refractivity (Wildman–Crippen MR) is 115 cm³/mol. The fourth-order valence-electron chi connectivity index (χ4n) is 3.80. The Morgan fingerprint density at radius 3 is 2.54 bits per heavy atom. The van der Waals surface area contributed by atoms with Gasteiger partial charge in [0.05, 0.1) is 6.61 Å². The van der Waals surface area contributed by atoms with E-state index in [4.69, 9.17) is 4.74 Å². The second-order valence-corrected chi connectivity index (χ2v) is 8.41. The van der Waals surface area contributed by atoms with Gasteiger partial charge in [0.2, 0.25) is 5.91 Å². The van der Waals surface area contributed by atoms with Gasteiger partial charge in [0, 0.05) is 17.4 Å². The first-order valence-electron chi connectivity index (χ1n) is 10.2. The third-order valence-corrected chi connectivity index (χ3v) is 6.29. The maximum absolute atomic E-state index is 12.6. The van der Waals surface area contributed by atoms with Crippen LogP contribution in [0.1, 0.15) is 67.8 Å². The molecule has 1 aliphatic carbocycles. The summed E-state index contributed by atoms with van der Waals surface area (Å²) in [4.78, 5) is 25.1. The van der Waals surface area contributed by atoms with Gasteiger partial charge in [0.15, 0.2) is 0 Å². The standard InChI is InChI=1S/C23H29NO3S/c1-3-27-23(26)21-19(18-12-9-16(2)10-13-18)15-28-22(21)24-20(25)14-11-17-7-5-4-6-8-17/h9-10,12-13,15,17H,3-8,11,14H2,1-2H3,(H,24,25). The van der Waals surface area contributed by atoms with Gasteiger partial charge in [0.25, 0.3) is 0 Å². The average Bonchev–Trinajstić information content (AvgIpc) is 3.11. The molecule has 3 rings (SSSR count). The van der Waals surface area contributed by atoms with Crippen LogP contribution in [-0.2, 0) is 9.53 Å². The smallest absolute Gasteiger partial charge is 0.341 e. The minimum absolute atomic E-state index is 0.0200. The highest BCUT2D eigenvalue weighted by Gasteiger charge is 2.23. The predicted octanol–water partition coefficient (Wildman–Crippen LogP) is 6.20. The van der Waals surface area contributed by atoms with Crippen molar-refractivity contribution in [3.8, 4) is 11.1 Å². The molecule has 1 aliphatic rings. The highest BCUT2D eigenvalue weighted by molar-refractivity contribution is 7.15. The molecule has 0 radical (unpaired) electrons. The zero-order valence-electron chi connectivity index (χ0n) is 16.8. The molecule has 1 heterocycles. The lowest BCUT2D eigenvalue weighted by atomic mass is 9.86. The van der Waals surface area contributed by atoms with Crippen LogP contribution in [0.25, 0.3) is 11.1 Å². The molecule has 0 aliphatic heterocycles. The molecule has 1 N–H and O–H groups in total. The van der Waals surface area contributed by atoms with E-state index in [1.807, 2.05) is 36.6 Å². The number of hydrogen-bond acceptors (Lipinski definition) is 4. The minimum atomic E-state index is -0.387. The monoisotopic (exact) mass is 399 g/mol. The van der Waals surface area contributed by atoms with Gasteiger partial charge in [-0.15, -0.1) is 11.3 Å². The van der Waals surface area contributed by atoms with E-state index in [0.29, 0.717) is 29.5 Å². The Kier molecular flexibility index (Phi) is 7.26. The molecule has 28 heavy (non-hydrogen) atoms. The molecule has 1 aromatic carbocycles. The van der Waals surface area contributed by atoms with Gasteiger partial charge in [-0.1, -0.05) is 61.9 Å². The number of thiophene rings is 1. The van der Waals surface area contributed by atoms with E-state index in [9.17, 15) is 9.59 Å². The van der Waals surface area contributed by atoms with Gasteiger partial charge in [-0.25, -0.2) is 4.79 Å². The van der Waals surface area contributed by atoms with Crippen LogP contribution in [0.5, 0.6) is 0 Å². The van der Waals surface area contributed by atoms with Crippen molar-refractivity contribution in [1.29, 1.82) is 0 Å². The third-order valence-electron chi connectivity index (χ3n) is 5.39. The Hall–Kier alpha value is -2.14. The number of amides is 1. The molecule has 5 heteroatoms. The highest BCUT2D eigenvalue weighted by atomic mass is 32.1. The van der Waals surface area contributed by atoms with E-state index in [2.05, 4.69) is 5.32 Å². The number of esters is 1. The molecule has 0 bridgehead atoms. The number of benzene rings is 1. The number of rotatable bonds is 7. The SMILES string of the molecule is CCOC(=O)c1c(-c2ccc(C)cc2)csc1NC(=O)CCC1CCCCC1. The Bertz CT molecular complexity index is 804.